The largest absolute Gasteiger partial charge is 0.496 e. The van der Waals surface area contributed by atoms with E-state index in [0.29, 0.717) is 5.92 Å². The number of aromatic nitrogens is 2. The molecule has 24 heavy (non-hydrogen) atoms. The highest BCUT2D eigenvalue weighted by molar-refractivity contribution is 5.52. The van der Waals surface area contributed by atoms with E-state index in [1.807, 2.05) is 13.0 Å². The van der Waals surface area contributed by atoms with E-state index in [1.54, 1.807) is 7.11 Å². The van der Waals surface area contributed by atoms with Gasteiger partial charge in [0.05, 0.1) is 7.11 Å². The average Bonchev–Trinajstić information content (AvgIpc) is 3.10. The average molecular weight is 323 g/mol. The zero-order valence-electron chi connectivity index (χ0n) is 14.6. The van der Waals surface area contributed by atoms with Crippen LogP contribution in [0.2, 0.25) is 0 Å². The second kappa shape index (κ2) is 6.42. The number of rotatable bonds is 3. The first-order valence-electron chi connectivity index (χ1n) is 9.00. The summed E-state index contributed by atoms with van der Waals surface area (Å²) in [6, 6.07) is 8.42. The molecule has 1 fully saturated rings. The molecule has 4 nitrogen and oxygen atoms in total. The SMILES string of the molecule is COc1ccccc1C1CCN(c2nc(C)nc3c2CCCC3)C1. The van der Waals surface area contributed by atoms with Gasteiger partial charge in [0.2, 0.25) is 0 Å². The van der Waals surface area contributed by atoms with Gasteiger partial charge in [-0.25, -0.2) is 9.97 Å². The zero-order valence-corrected chi connectivity index (χ0v) is 14.6. The van der Waals surface area contributed by atoms with E-state index in [9.17, 15) is 0 Å². The molecule has 1 saturated heterocycles. The standard InChI is InChI=1S/C20H25N3O/c1-14-21-18-9-5-3-8-17(18)20(22-14)23-12-11-15(13-23)16-7-4-6-10-19(16)24-2/h4,6-7,10,15H,3,5,8-9,11-13H2,1-2H3. The van der Waals surface area contributed by atoms with Gasteiger partial charge in [-0.3, -0.25) is 0 Å². The molecule has 1 aromatic heterocycles. The van der Waals surface area contributed by atoms with Gasteiger partial charge >= 0.3 is 0 Å². The number of methoxy groups -OCH3 is 1. The minimum absolute atomic E-state index is 0.510. The number of hydrogen-bond acceptors (Lipinski definition) is 4. The summed E-state index contributed by atoms with van der Waals surface area (Å²) >= 11 is 0. The van der Waals surface area contributed by atoms with Crippen LogP contribution in [0, 0.1) is 6.92 Å². The van der Waals surface area contributed by atoms with Crippen LogP contribution in [0.4, 0.5) is 5.82 Å². The third-order valence-corrected chi connectivity index (χ3v) is 5.34. The quantitative estimate of drug-likeness (QED) is 0.864. The van der Waals surface area contributed by atoms with Crippen molar-refractivity contribution in [2.24, 2.45) is 0 Å². The van der Waals surface area contributed by atoms with Gasteiger partial charge in [0.25, 0.3) is 0 Å². The number of nitrogens with zero attached hydrogens (tertiary/aromatic N) is 3. The van der Waals surface area contributed by atoms with E-state index in [2.05, 4.69) is 23.1 Å². The molecule has 2 aromatic rings. The minimum Gasteiger partial charge on any atom is -0.496 e. The number of ether oxygens (including phenoxy) is 1. The van der Waals surface area contributed by atoms with Crippen LogP contribution >= 0.6 is 0 Å². The summed E-state index contributed by atoms with van der Waals surface area (Å²) in [5.74, 6) is 3.61. The summed E-state index contributed by atoms with van der Waals surface area (Å²) in [6.45, 7) is 4.10. The van der Waals surface area contributed by atoms with Crippen LogP contribution in [-0.2, 0) is 12.8 Å². The van der Waals surface area contributed by atoms with Crippen molar-refractivity contribution >= 4 is 5.82 Å². The Hall–Kier alpha value is -2.10. The van der Waals surface area contributed by atoms with Gasteiger partial charge in [-0.1, -0.05) is 18.2 Å². The number of benzene rings is 1. The number of para-hydroxylation sites is 1. The molecule has 2 heterocycles. The van der Waals surface area contributed by atoms with Crippen LogP contribution < -0.4 is 9.64 Å². The molecule has 0 N–H and O–H groups in total. The maximum Gasteiger partial charge on any atom is 0.135 e. The molecule has 0 amide bonds. The number of anilines is 1. The van der Waals surface area contributed by atoms with Crippen molar-refractivity contribution < 1.29 is 4.74 Å². The first-order valence-corrected chi connectivity index (χ1v) is 9.00. The van der Waals surface area contributed by atoms with E-state index in [0.717, 1.165) is 43.9 Å². The molecule has 0 bridgehead atoms. The first-order chi connectivity index (χ1) is 11.8. The molecule has 1 atom stereocenters. The normalized spacial score (nSPS) is 20.1. The van der Waals surface area contributed by atoms with E-state index in [-0.39, 0.29) is 0 Å². The molecular weight excluding hydrogens is 298 g/mol. The maximum absolute atomic E-state index is 5.56. The van der Waals surface area contributed by atoms with Gasteiger partial charge in [0.15, 0.2) is 0 Å². The van der Waals surface area contributed by atoms with E-state index < -0.39 is 0 Å². The van der Waals surface area contributed by atoms with Crippen LogP contribution in [0.15, 0.2) is 24.3 Å². The Balaban J connectivity index is 1.63. The molecule has 1 unspecified atom stereocenters. The molecular formula is C20H25N3O. The molecule has 2 aliphatic rings. The number of aryl methyl sites for hydroxylation is 2. The second-order valence-electron chi connectivity index (χ2n) is 6.90. The fraction of sp³-hybridized carbons (Fsp3) is 0.500. The third kappa shape index (κ3) is 2.74. The Bertz CT molecular complexity index is 744. The molecule has 1 aliphatic heterocycles. The lowest BCUT2D eigenvalue weighted by atomic mass is 9.96. The minimum atomic E-state index is 0.510. The van der Waals surface area contributed by atoms with Gasteiger partial charge in [-0.2, -0.15) is 0 Å². The van der Waals surface area contributed by atoms with E-state index >= 15 is 0 Å². The van der Waals surface area contributed by atoms with Crippen LogP contribution in [-0.4, -0.2) is 30.2 Å². The Morgan fingerprint density at radius 3 is 2.83 bits per heavy atom. The van der Waals surface area contributed by atoms with Crippen LogP contribution in [0.25, 0.3) is 0 Å². The fourth-order valence-electron chi connectivity index (χ4n) is 4.17. The summed E-state index contributed by atoms with van der Waals surface area (Å²) in [6.07, 6.45) is 5.90. The fourth-order valence-corrected chi connectivity index (χ4v) is 4.17. The molecule has 1 aliphatic carbocycles. The molecule has 1 aromatic carbocycles. The summed E-state index contributed by atoms with van der Waals surface area (Å²) in [5.41, 5.74) is 4.00. The highest BCUT2D eigenvalue weighted by Gasteiger charge is 2.29. The van der Waals surface area contributed by atoms with Crippen LogP contribution in [0.5, 0.6) is 5.75 Å². The van der Waals surface area contributed by atoms with Gasteiger partial charge < -0.3 is 9.64 Å². The summed E-state index contributed by atoms with van der Waals surface area (Å²) in [5, 5.41) is 0. The summed E-state index contributed by atoms with van der Waals surface area (Å²) in [4.78, 5) is 12.0. The van der Waals surface area contributed by atoms with E-state index in [4.69, 9.17) is 14.7 Å². The van der Waals surface area contributed by atoms with Gasteiger partial charge in [0, 0.05) is 30.3 Å². The number of hydrogen-bond donors (Lipinski definition) is 0. The first kappa shape index (κ1) is 15.4. The molecule has 0 spiro atoms. The Morgan fingerprint density at radius 1 is 1.12 bits per heavy atom. The van der Waals surface area contributed by atoms with Crippen molar-refractivity contribution in [2.75, 3.05) is 25.1 Å². The maximum atomic E-state index is 5.56. The highest BCUT2D eigenvalue weighted by atomic mass is 16.5. The van der Waals surface area contributed by atoms with Crippen molar-refractivity contribution in [1.29, 1.82) is 0 Å². The van der Waals surface area contributed by atoms with Gasteiger partial charge in [-0.05, 0) is 50.7 Å². The lowest BCUT2D eigenvalue weighted by Crippen LogP contribution is -2.24. The van der Waals surface area contributed by atoms with Crippen molar-refractivity contribution in [3.05, 3.63) is 46.9 Å². The van der Waals surface area contributed by atoms with Gasteiger partial charge in [0.1, 0.15) is 17.4 Å². The molecule has 126 valence electrons. The van der Waals surface area contributed by atoms with Crippen molar-refractivity contribution in [3.63, 3.8) is 0 Å². The smallest absolute Gasteiger partial charge is 0.135 e. The third-order valence-electron chi connectivity index (χ3n) is 5.34. The molecule has 0 radical (unpaired) electrons. The predicted molar refractivity (Wildman–Crippen MR) is 96.0 cm³/mol. The Morgan fingerprint density at radius 2 is 1.96 bits per heavy atom. The van der Waals surface area contributed by atoms with Crippen LogP contribution in [0.1, 0.15) is 47.8 Å². The number of fused-ring (bicyclic) bond motifs is 1. The topological polar surface area (TPSA) is 38.2 Å². The van der Waals surface area contributed by atoms with E-state index in [1.165, 1.54) is 35.5 Å². The highest BCUT2D eigenvalue weighted by Crippen LogP contribution is 2.37. The predicted octanol–water partition coefficient (Wildman–Crippen LogP) is 3.67. The lowest BCUT2D eigenvalue weighted by Gasteiger charge is -2.25. The second-order valence-corrected chi connectivity index (χ2v) is 6.90. The Kier molecular flexibility index (Phi) is 4.13. The zero-order chi connectivity index (χ0) is 16.5. The van der Waals surface area contributed by atoms with Gasteiger partial charge in [-0.15, -0.1) is 0 Å². The Labute approximate surface area is 143 Å². The van der Waals surface area contributed by atoms with Crippen molar-refractivity contribution in [3.8, 4) is 5.75 Å². The molecule has 4 heteroatoms. The lowest BCUT2D eigenvalue weighted by molar-refractivity contribution is 0.406. The summed E-state index contributed by atoms with van der Waals surface area (Å²) < 4.78 is 5.56. The van der Waals surface area contributed by atoms with Crippen LogP contribution in [0.3, 0.4) is 0 Å². The summed E-state index contributed by atoms with van der Waals surface area (Å²) in [7, 11) is 1.76. The molecule has 0 saturated carbocycles. The molecule has 4 rings (SSSR count). The van der Waals surface area contributed by atoms with Crippen molar-refractivity contribution in [1.82, 2.24) is 9.97 Å². The van der Waals surface area contributed by atoms with Crippen molar-refractivity contribution in [2.45, 2.75) is 44.9 Å². The monoisotopic (exact) mass is 323 g/mol.